The highest BCUT2D eigenvalue weighted by Gasteiger charge is 2.61. The van der Waals surface area contributed by atoms with Crippen molar-refractivity contribution in [1.29, 1.82) is 0 Å². The third-order valence-corrected chi connectivity index (χ3v) is 9.35. The molecule has 1 saturated heterocycles. The van der Waals surface area contributed by atoms with Crippen LogP contribution in [-0.4, -0.2) is 57.5 Å². The van der Waals surface area contributed by atoms with E-state index >= 15 is 0 Å². The lowest BCUT2D eigenvalue weighted by Gasteiger charge is -2.56. The van der Waals surface area contributed by atoms with Gasteiger partial charge in [-0.05, 0) is 68.6 Å². The summed E-state index contributed by atoms with van der Waals surface area (Å²) in [5.41, 5.74) is -0.488. The molecule has 13 heteroatoms. The first-order chi connectivity index (χ1) is 17.0. The Kier molecular flexibility index (Phi) is 7.95. The molecule has 1 heterocycles. The number of carbonyl (C=O) groups excluding carboxylic acids is 1. The number of hydrogen-bond acceptors (Lipinski definition) is 7. The van der Waals surface area contributed by atoms with E-state index in [-0.39, 0.29) is 32.2 Å². The van der Waals surface area contributed by atoms with E-state index in [2.05, 4.69) is 4.18 Å². The maximum absolute atomic E-state index is 14.8. The second-order valence-electron chi connectivity index (χ2n) is 11.9. The monoisotopic (exact) mass is 562 g/mol. The molecule has 37 heavy (non-hydrogen) atoms. The van der Waals surface area contributed by atoms with Gasteiger partial charge in [-0.2, -0.15) is 30.4 Å². The van der Waals surface area contributed by atoms with Gasteiger partial charge in [0, 0.05) is 18.3 Å². The highest BCUT2D eigenvalue weighted by atomic mass is 32.2. The number of rotatable bonds is 10. The van der Waals surface area contributed by atoms with E-state index in [1.54, 1.807) is 13.8 Å². The van der Waals surface area contributed by atoms with Crippen LogP contribution in [0.25, 0.3) is 0 Å². The van der Waals surface area contributed by atoms with Crippen LogP contribution in [0.5, 0.6) is 0 Å². The summed E-state index contributed by atoms with van der Waals surface area (Å²) in [4.78, 5) is 12.3. The molecule has 0 aromatic heterocycles. The minimum absolute atomic E-state index is 0.0491. The zero-order valence-corrected chi connectivity index (χ0v) is 21.8. The average Bonchev–Trinajstić information content (AvgIpc) is 2.75. The lowest BCUT2D eigenvalue weighted by atomic mass is 9.50. The normalized spacial score (nSPS) is 32.5. The van der Waals surface area contributed by atoms with Crippen molar-refractivity contribution in [1.82, 2.24) is 0 Å². The number of alkyl halides is 5. The van der Waals surface area contributed by atoms with Gasteiger partial charge >= 0.3 is 27.5 Å². The fourth-order valence-corrected chi connectivity index (χ4v) is 8.00. The summed E-state index contributed by atoms with van der Waals surface area (Å²) in [6, 6.07) is 0. The Labute approximate surface area is 213 Å². The molecule has 0 aromatic carbocycles. The first kappa shape index (κ1) is 28.9. The van der Waals surface area contributed by atoms with E-state index in [1.807, 2.05) is 0 Å². The van der Waals surface area contributed by atoms with Crippen molar-refractivity contribution in [2.75, 3.05) is 19.8 Å². The largest absolute Gasteiger partial charge is 0.466 e. The number of carbonyl (C=O) groups is 1. The summed E-state index contributed by atoms with van der Waals surface area (Å²) >= 11 is 0. The molecule has 1 unspecified atom stereocenters. The summed E-state index contributed by atoms with van der Waals surface area (Å²) in [7, 11) is -6.36. The molecule has 0 aromatic rings. The van der Waals surface area contributed by atoms with E-state index in [1.165, 1.54) is 0 Å². The van der Waals surface area contributed by atoms with Crippen LogP contribution in [0.3, 0.4) is 0 Å². The molecule has 5 aliphatic rings. The van der Waals surface area contributed by atoms with E-state index in [4.69, 9.17) is 14.2 Å². The first-order valence-electron chi connectivity index (χ1n) is 12.9. The van der Waals surface area contributed by atoms with Gasteiger partial charge in [0.25, 0.3) is 0 Å². The van der Waals surface area contributed by atoms with Crippen molar-refractivity contribution in [3.8, 4) is 0 Å². The van der Waals surface area contributed by atoms with Crippen LogP contribution in [0.4, 0.5) is 22.0 Å². The Hall–Kier alpha value is -1.05. The van der Waals surface area contributed by atoms with Gasteiger partial charge in [-0.25, -0.2) is 4.79 Å². The molecule has 0 amide bonds. The Morgan fingerprint density at radius 3 is 1.92 bits per heavy atom. The second kappa shape index (κ2) is 10.2. The minimum Gasteiger partial charge on any atom is -0.460 e. The molecule has 5 fully saturated rings. The first-order valence-corrected chi connectivity index (χ1v) is 14.3. The lowest BCUT2D eigenvalue weighted by molar-refractivity contribution is -0.302. The molecular formula is C24H35F5O7S. The van der Waals surface area contributed by atoms with E-state index in [0.29, 0.717) is 43.4 Å². The van der Waals surface area contributed by atoms with Crippen LogP contribution in [0.2, 0.25) is 0 Å². The predicted molar refractivity (Wildman–Crippen MR) is 120 cm³/mol. The zero-order valence-electron chi connectivity index (χ0n) is 21.0. The molecule has 0 N–H and O–H groups in total. The third kappa shape index (κ3) is 6.24. The third-order valence-electron chi connectivity index (χ3n) is 8.07. The standard InChI is InChI=1S/C24H35F5O7S/c1-15(2)9-22(34-4-3-5-35-22)13-19(23(25,26)27)36-37(31,32)24(28,29)20(30)33-14-21-10-16-6-17(11-21)8-18(7-16)12-21/h15-19H,3-14H2,1-2H3. The van der Waals surface area contributed by atoms with Crippen LogP contribution in [-0.2, 0) is 33.3 Å². The van der Waals surface area contributed by atoms with Crippen molar-refractivity contribution in [3.63, 3.8) is 0 Å². The highest BCUT2D eigenvalue weighted by Crippen LogP contribution is 2.60. The zero-order chi connectivity index (χ0) is 27.3. The second-order valence-corrected chi connectivity index (χ2v) is 13.5. The van der Waals surface area contributed by atoms with E-state index in [0.717, 1.165) is 19.3 Å². The van der Waals surface area contributed by atoms with Gasteiger partial charge in [0.05, 0.1) is 19.8 Å². The summed E-state index contributed by atoms with van der Waals surface area (Å²) in [5.74, 6) is -3.24. The van der Waals surface area contributed by atoms with Crippen molar-refractivity contribution < 1.29 is 53.6 Å². The topological polar surface area (TPSA) is 88.1 Å². The molecule has 214 valence electrons. The van der Waals surface area contributed by atoms with Crippen LogP contribution in [0, 0.1) is 29.1 Å². The number of halogens is 5. The fraction of sp³-hybridized carbons (Fsp3) is 0.958. The molecule has 4 bridgehead atoms. The molecule has 0 spiro atoms. The van der Waals surface area contributed by atoms with Crippen LogP contribution in [0.15, 0.2) is 0 Å². The number of esters is 1. The molecular weight excluding hydrogens is 527 g/mol. The molecule has 7 nitrogen and oxygen atoms in total. The quantitative estimate of drug-likeness (QED) is 0.206. The highest BCUT2D eigenvalue weighted by molar-refractivity contribution is 7.88. The lowest BCUT2D eigenvalue weighted by Crippen LogP contribution is -2.51. The van der Waals surface area contributed by atoms with E-state index < -0.39 is 51.2 Å². The number of ether oxygens (including phenoxy) is 3. The van der Waals surface area contributed by atoms with Crippen LogP contribution in [0.1, 0.15) is 71.6 Å². The van der Waals surface area contributed by atoms with Gasteiger partial charge < -0.3 is 14.2 Å². The Bertz CT molecular complexity index is 908. The average molecular weight is 563 g/mol. The summed E-state index contributed by atoms with van der Waals surface area (Å²) in [6.07, 6.45) is -4.14. The summed E-state index contributed by atoms with van der Waals surface area (Å²) in [6.45, 7) is 3.10. The van der Waals surface area contributed by atoms with Crippen molar-refractivity contribution in [2.45, 2.75) is 95.0 Å². The van der Waals surface area contributed by atoms with Gasteiger partial charge in [0.2, 0.25) is 0 Å². The number of hydrogen-bond donors (Lipinski definition) is 0. The van der Waals surface area contributed by atoms with Crippen LogP contribution >= 0.6 is 0 Å². The Balaban J connectivity index is 1.45. The predicted octanol–water partition coefficient (Wildman–Crippen LogP) is 5.19. The van der Waals surface area contributed by atoms with Crippen molar-refractivity contribution in [3.05, 3.63) is 0 Å². The smallest absolute Gasteiger partial charge is 0.460 e. The molecule has 0 radical (unpaired) electrons. The van der Waals surface area contributed by atoms with Crippen molar-refractivity contribution >= 4 is 16.1 Å². The van der Waals surface area contributed by atoms with Gasteiger partial charge in [-0.3, -0.25) is 4.18 Å². The van der Waals surface area contributed by atoms with E-state index in [9.17, 15) is 35.2 Å². The van der Waals surface area contributed by atoms with Crippen LogP contribution < -0.4 is 0 Å². The van der Waals surface area contributed by atoms with Crippen molar-refractivity contribution in [2.24, 2.45) is 29.1 Å². The summed E-state index contributed by atoms with van der Waals surface area (Å²) in [5, 5.41) is -5.32. The summed E-state index contributed by atoms with van der Waals surface area (Å²) < 4.78 is 115. The minimum atomic E-state index is -6.36. The van der Waals surface area contributed by atoms with Gasteiger partial charge in [-0.1, -0.05) is 13.8 Å². The Morgan fingerprint density at radius 1 is 0.946 bits per heavy atom. The van der Waals surface area contributed by atoms with Gasteiger partial charge in [-0.15, -0.1) is 0 Å². The molecule has 1 atom stereocenters. The molecule has 4 saturated carbocycles. The molecule has 5 rings (SSSR count). The van der Waals surface area contributed by atoms with Gasteiger partial charge in [0.15, 0.2) is 11.9 Å². The fourth-order valence-electron chi connectivity index (χ4n) is 7.13. The molecule has 4 aliphatic carbocycles. The SMILES string of the molecule is CC(C)CC1(CC(OS(=O)(=O)C(F)(F)C(=O)OCC23CC4CC(CC(C4)C2)C3)C(F)(F)F)OCCCO1. The Morgan fingerprint density at radius 2 is 1.46 bits per heavy atom. The maximum Gasteiger partial charge on any atom is 0.466 e. The molecule has 1 aliphatic heterocycles. The maximum atomic E-state index is 14.8. The van der Waals surface area contributed by atoms with Gasteiger partial charge in [0.1, 0.15) is 0 Å².